The number of hydrogen-bond donors (Lipinski definition) is 0. The van der Waals surface area contributed by atoms with Gasteiger partial charge >= 0.3 is 0 Å². The van der Waals surface area contributed by atoms with Crippen molar-refractivity contribution in [1.29, 1.82) is 0 Å². The topological polar surface area (TPSA) is 18.8 Å². The van der Waals surface area contributed by atoms with Crippen LogP contribution in [0.5, 0.6) is 0 Å². The van der Waals surface area contributed by atoms with Crippen LogP contribution in [0.3, 0.4) is 0 Å². The van der Waals surface area contributed by atoms with E-state index < -0.39 is 0 Å². The van der Waals surface area contributed by atoms with Crippen LogP contribution in [0.1, 0.15) is 22.7 Å². The molecule has 28 heavy (non-hydrogen) atoms. The van der Waals surface area contributed by atoms with E-state index in [2.05, 4.69) is 104 Å². The Labute approximate surface area is 175 Å². The quantitative estimate of drug-likeness (QED) is 0.515. The molecule has 0 bridgehead atoms. The minimum absolute atomic E-state index is 0.292. The molecule has 0 aliphatic carbocycles. The van der Waals surface area contributed by atoms with Crippen molar-refractivity contribution in [2.24, 2.45) is 5.10 Å². The van der Waals surface area contributed by atoms with Crippen molar-refractivity contribution < 1.29 is 0 Å². The molecule has 3 aromatic carbocycles. The van der Waals surface area contributed by atoms with Gasteiger partial charge in [0.2, 0.25) is 0 Å². The summed E-state index contributed by atoms with van der Waals surface area (Å²) < 4.78 is 1.09. The van der Waals surface area contributed by atoms with E-state index in [9.17, 15) is 0 Å². The molecule has 4 heteroatoms. The van der Waals surface area contributed by atoms with Crippen molar-refractivity contribution in [2.75, 3.05) is 26.2 Å². The van der Waals surface area contributed by atoms with Gasteiger partial charge in [-0.3, -0.25) is 9.91 Å². The number of hydrazone groups is 1. The fourth-order valence-corrected chi connectivity index (χ4v) is 3.93. The van der Waals surface area contributed by atoms with Crippen LogP contribution in [0.4, 0.5) is 0 Å². The van der Waals surface area contributed by atoms with Gasteiger partial charge in [0.15, 0.2) is 0 Å². The lowest BCUT2D eigenvalue weighted by atomic mass is 9.96. The van der Waals surface area contributed by atoms with Gasteiger partial charge in [0.05, 0.1) is 12.3 Å². The van der Waals surface area contributed by atoms with Crippen molar-refractivity contribution in [3.8, 4) is 0 Å². The second-order valence-electron chi connectivity index (χ2n) is 7.01. The van der Waals surface area contributed by atoms with Gasteiger partial charge in [-0.25, -0.2) is 0 Å². The molecule has 0 unspecified atom stereocenters. The maximum atomic E-state index is 4.69. The number of halogens is 1. The van der Waals surface area contributed by atoms with Crippen LogP contribution in [0, 0.1) is 0 Å². The summed E-state index contributed by atoms with van der Waals surface area (Å²) >= 11 is 3.47. The highest BCUT2D eigenvalue weighted by molar-refractivity contribution is 9.10. The summed E-state index contributed by atoms with van der Waals surface area (Å²) in [6.45, 7) is 3.85. The molecular formula is C24H24BrN3. The molecule has 0 atom stereocenters. The maximum absolute atomic E-state index is 4.69. The first kappa shape index (κ1) is 18.9. The van der Waals surface area contributed by atoms with E-state index in [1.165, 1.54) is 11.1 Å². The predicted octanol–water partition coefficient (Wildman–Crippen LogP) is 5.19. The summed E-state index contributed by atoms with van der Waals surface area (Å²) in [6.07, 6.45) is 1.95. The molecule has 0 radical (unpaired) electrons. The van der Waals surface area contributed by atoms with Crippen LogP contribution in [-0.4, -0.2) is 42.3 Å². The van der Waals surface area contributed by atoms with Crippen LogP contribution >= 0.6 is 15.9 Å². The van der Waals surface area contributed by atoms with E-state index >= 15 is 0 Å². The number of rotatable bonds is 5. The third-order valence-corrected chi connectivity index (χ3v) is 5.66. The first-order valence-corrected chi connectivity index (χ1v) is 10.5. The highest BCUT2D eigenvalue weighted by Crippen LogP contribution is 2.29. The largest absolute Gasteiger partial charge is 0.294 e. The van der Waals surface area contributed by atoms with E-state index in [0.717, 1.165) is 36.2 Å². The van der Waals surface area contributed by atoms with Gasteiger partial charge in [0, 0.05) is 30.7 Å². The van der Waals surface area contributed by atoms with E-state index in [4.69, 9.17) is 0 Å². The Balaban J connectivity index is 1.45. The van der Waals surface area contributed by atoms with Crippen LogP contribution in [-0.2, 0) is 0 Å². The SMILES string of the molecule is Brc1ccc(C=NN2CCN(C(c3ccccc3)c3ccccc3)CC2)cc1. The Kier molecular flexibility index (Phi) is 6.20. The van der Waals surface area contributed by atoms with Gasteiger partial charge < -0.3 is 0 Å². The lowest BCUT2D eigenvalue weighted by Crippen LogP contribution is -2.45. The first-order valence-electron chi connectivity index (χ1n) is 9.68. The Morgan fingerprint density at radius 3 is 1.79 bits per heavy atom. The van der Waals surface area contributed by atoms with Gasteiger partial charge in [0.25, 0.3) is 0 Å². The zero-order chi connectivity index (χ0) is 19.2. The third-order valence-electron chi connectivity index (χ3n) is 5.13. The molecule has 1 heterocycles. The summed E-state index contributed by atoms with van der Waals surface area (Å²) in [6, 6.07) is 30.1. The molecule has 1 saturated heterocycles. The third kappa shape index (κ3) is 4.70. The lowest BCUT2D eigenvalue weighted by molar-refractivity contribution is 0.113. The van der Waals surface area contributed by atoms with Crippen molar-refractivity contribution in [2.45, 2.75) is 6.04 Å². The monoisotopic (exact) mass is 433 g/mol. The first-order chi connectivity index (χ1) is 13.8. The van der Waals surface area contributed by atoms with Crippen molar-refractivity contribution in [1.82, 2.24) is 9.91 Å². The number of benzene rings is 3. The smallest absolute Gasteiger partial charge is 0.0603 e. The molecule has 0 saturated carbocycles. The Morgan fingerprint density at radius 1 is 0.714 bits per heavy atom. The molecule has 1 fully saturated rings. The highest BCUT2D eigenvalue weighted by Gasteiger charge is 2.25. The lowest BCUT2D eigenvalue weighted by Gasteiger charge is -2.38. The molecule has 1 aliphatic rings. The zero-order valence-corrected chi connectivity index (χ0v) is 17.4. The number of piperazine rings is 1. The molecule has 0 N–H and O–H groups in total. The molecule has 0 spiro atoms. The minimum Gasteiger partial charge on any atom is -0.294 e. The molecule has 4 rings (SSSR count). The summed E-state index contributed by atoms with van der Waals surface area (Å²) in [5.74, 6) is 0. The Bertz CT molecular complexity index is 847. The van der Waals surface area contributed by atoms with E-state index in [0.29, 0.717) is 6.04 Å². The zero-order valence-electron chi connectivity index (χ0n) is 15.8. The molecule has 0 amide bonds. The molecular weight excluding hydrogens is 410 g/mol. The van der Waals surface area contributed by atoms with Crippen LogP contribution in [0.2, 0.25) is 0 Å². The van der Waals surface area contributed by atoms with Gasteiger partial charge in [-0.1, -0.05) is 88.7 Å². The maximum Gasteiger partial charge on any atom is 0.0603 e. The summed E-state index contributed by atoms with van der Waals surface area (Å²) in [4.78, 5) is 2.57. The molecule has 0 aromatic heterocycles. The van der Waals surface area contributed by atoms with Crippen LogP contribution in [0.15, 0.2) is 94.5 Å². The number of nitrogens with zero attached hydrogens (tertiary/aromatic N) is 3. The normalized spacial score (nSPS) is 15.4. The van der Waals surface area contributed by atoms with Crippen molar-refractivity contribution >= 4 is 22.1 Å². The van der Waals surface area contributed by atoms with E-state index in [-0.39, 0.29) is 0 Å². The van der Waals surface area contributed by atoms with E-state index in [1.807, 2.05) is 18.3 Å². The second-order valence-corrected chi connectivity index (χ2v) is 7.93. The predicted molar refractivity (Wildman–Crippen MR) is 120 cm³/mol. The molecule has 1 aliphatic heterocycles. The molecule has 3 nitrogen and oxygen atoms in total. The van der Waals surface area contributed by atoms with Crippen molar-refractivity contribution in [3.05, 3.63) is 106 Å². The summed E-state index contributed by atoms with van der Waals surface area (Å²) in [5.41, 5.74) is 3.82. The average Bonchev–Trinajstić information content (AvgIpc) is 2.76. The highest BCUT2D eigenvalue weighted by atomic mass is 79.9. The van der Waals surface area contributed by atoms with Gasteiger partial charge in [-0.15, -0.1) is 0 Å². The Morgan fingerprint density at radius 2 is 1.25 bits per heavy atom. The Hall–Kier alpha value is -2.43. The fraction of sp³-hybridized carbons (Fsp3) is 0.208. The standard InChI is InChI=1S/C24H24BrN3/c25-23-13-11-20(12-14-23)19-26-28-17-15-27(16-18-28)24(21-7-3-1-4-8-21)22-9-5-2-6-10-22/h1-14,19,24H,15-18H2. The molecule has 142 valence electrons. The van der Waals surface area contributed by atoms with Crippen LogP contribution < -0.4 is 0 Å². The van der Waals surface area contributed by atoms with Crippen LogP contribution in [0.25, 0.3) is 0 Å². The van der Waals surface area contributed by atoms with Gasteiger partial charge in [0.1, 0.15) is 0 Å². The summed E-state index contributed by atoms with van der Waals surface area (Å²) in [7, 11) is 0. The van der Waals surface area contributed by atoms with Crippen molar-refractivity contribution in [3.63, 3.8) is 0 Å². The summed E-state index contributed by atoms with van der Waals surface area (Å²) in [5, 5.41) is 6.86. The average molecular weight is 434 g/mol. The van der Waals surface area contributed by atoms with E-state index in [1.54, 1.807) is 0 Å². The van der Waals surface area contributed by atoms with Gasteiger partial charge in [-0.2, -0.15) is 5.10 Å². The minimum atomic E-state index is 0.292. The number of hydrogen-bond acceptors (Lipinski definition) is 3. The second kappa shape index (κ2) is 9.18. The molecule has 3 aromatic rings. The fourth-order valence-electron chi connectivity index (χ4n) is 3.67. The van der Waals surface area contributed by atoms with Gasteiger partial charge in [-0.05, 0) is 28.8 Å².